The van der Waals surface area contributed by atoms with Gasteiger partial charge in [0, 0.05) is 22.3 Å². The summed E-state index contributed by atoms with van der Waals surface area (Å²) in [5, 5.41) is 9.86. The second-order valence-electron chi connectivity index (χ2n) is 6.54. The van der Waals surface area contributed by atoms with Crippen LogP contribution in [0.2, 0.25) is 0 Å². The van der Waals surface area contributed by atoms with Gasteiger partial charge in [-0.05, 0) is 19.4 Å². The van der Waals surface area contributed by atoms with E-state index in [4.69, 9.17) is 9.62 Å². The predicted molar refractivity (Wildman–Crippen MR) is 95.6 cm³/mol. The standard InChI is InChI=1S/C21H24O4/c1-3-4-5-8-13-24-21(25-23)18-10-7-6-9-16(18)20(22)17-14-15(2)11-12-19(17)21/h6-7,9-12,14,23H,3-5,8,13H2,1-2H3. The Balaban J connectivity index is 2.04. The molecule has 2 aromatic rings. The van der Waals surface area contributed by atoms with E-state index in [1.807, 2.05) is 25.1 Å². The molecule has 132 valence electrons. The number of benzene rings is 2. The Bertz CT molecular complexity index is 768. The molecular weight excluding hydrogens is 316 g/mol. The number of rotatable bonds is 7. The Morgan fingerprint density at radius 3 is 2.52 bits per heavy atom. The first-order valence-electron chi connectivity index (χ1n) is 8.86. The average molecular weight is 340 g/mol. The van der Waals surface area contributed by atoms with Gasteiger partial charge in [-0.3, -0.25) is 4.79 Å². The normalized spacial score (nSPS) is 18.8. The van der Waals surface area contributed by atoms with E-state index < -0.39 is 5.79 Å². The highest BCUT2D eigenvalue weighted by atomic mass is 17.1. The van der Waals surface area contributed by atoms with Crippen molar-refractivity contribution >= 4 is 5.78 Å². The zero-order valence-electron chi connectivity index (χ0n) is 14.7. The summed E-state index contributed by atoms with van der Waals surface area (Å²) in [4.78, 5) is 17.8. The van der Waals surface area contributed by atoms with Gasteiger partial charge in [0.25, 0.3) is 5.79 Å². The maximum atomic E-state index is 12.9. The molecule has 4 heteroatoms. The number of carbonyl (C=O) groups excluding carboxylic acids is 1. The van der Waals surface area contributed by atoms with E-state index in [0.29, 0.717) is 28.9 Å². The van der Waals surface area contributed by atoms with Gasteiger partial charge in [0.05, 0.1) is 6.61 Å². The molecule has 2 aromatic carbocycles. The first-order chi connectivity index (χ1) is 12.1. The first-order valence-corrected chi connectivity index (χ1v) is 8.86. The lowest BCUT2D eigenvalue weighted by atomic mass is 9.80. The van der Waals surface area contributed by atoms with Gasteiger partial charge in [-0.15, -0.1) is 0 Å². The van der Waals surface area contributed by atoms with E-state index in [0.717, 1.165) is 31.2 Å². The summed E-state index contributed by atoms with van der Waals surface area (Å²) in [5.74, 6) is -1.53. The fourth-order valence-corrected chi connectivity index (χ4v) is 3.42. The third kappa shape index (κ3) is 3.13. The highest BCUT2D eigenvalue weighted by molar-refractivity contribution is 6.13. The summed E-state index contributed by atoms with van der Waals surface area (Å²) >= 11 is 0. The van der Waals surface area contributed by atoms with Crippen LogP contribution in [0.3, 0.4) is 0 Å². The van der Waals surface area contributed by atoms with Crippen molar-refractivity contribution in [3.63, 3.8) is 0 Å². The molecule has 3 rings (SSSR count). The van der Waals surface area contributed by atoms with Crippen molar-refractivity contribution in [1.82, 2.24) is 0 Å². The van der Waals surface area contributed by atoms with E-state index in [1.165, 1.54) is 0 Å². The van der Waals surface area contributed by atoms with Crippen molar-refractivity contribution < 1.29 is 19.7 Å². The summed E-state index contributed by atoms with van der Waals surface area (Å²) < 4.78 is 6.08. The molecule has 0 radical (unpaired) electrons. The van der Waals surface area contributed by atoms with Crippen molar-refractivity contribution in [3.05, 3.63) is 70.3 Å². The molecule has 1 unspecified atom stereocenters. The lowest BCUT2D eigenvalue weighted by Crippen LogP contribution is -2.40. The minimum atomic E-state index is -1.46. The van der Waals surface area contributed by atoms with Gasteiger partial charge in [-0.25, -0.2) is 5.26 Å². The van der Waals surface area contributed by atoms with Gasteiger partial charge >= 0.3 is 0 Å². The Morgan fingerprint density at radius 1 is 1.00 bits per heavy atom. The molecule has 0 amide bonds. The van der Waals surface area contributed by atoms with Crippen molar-refractivity contribution in [2.75, 3.05) is 6.61 Å². The van der Waals surface area contributed by atoms with Gasteiger partial charge in [0.15, 0.2) is 5.78 Å². The van der Waals surface area contributed by atoms with Crippen LogP contribution in [0.25, 0.3) is 0 Å². The smallest absolute Gasteiger partial charge is 0.255 e. The van der Waals surface area contributed by atoms with Crippen molar-refractivity contribution in [3.8, 4) is 0 Å². The summed E-state index contributed by atoms with van der Waals surface area (Å²) in [6, 6.07) is 12.7. The monoisotopic (exact) mass is 340 g/mol. The molecule has 0 aromatic heterocycles. The van der Waals surface area contributed by atoms with Crippen LogP contribution >= 0.6 is 0 Å². The van der Waals surface area contributed by atoms with Crippen LogP contribution in [0, 0.1) is 6.92 Å². The van der Waals surface area contributed by atoms with E-state index in [2.05, 4.69) is 6.92 Å². The molecule has 0 saturated carbocycles. The fraction of sp³-hybridized carbons (Fsp3) is 0.381. The largest absolute Gasteiger partial charge is 0.340 e. The number of aryl methyl sites for hydroxylation is 1. The van der Waals surface area contributed by atoms with Gasteiger partial charge in [-0.1, -0.05) is 68.1 Å². The number of fused-ring (bicyclic) bond motifs is 2. The summed E-state index contributed by atoms with van der Waals surface area (Å²) in [6.45, 7) is 4.53. The van der Waals surface area contributed by atoms with E-state index in [-0.39, 0.29) is 5.78 Å². The highest BCUT2D eigenvalue weighted by Gasteiger charge is 2.46. The first kappa shape index (κ1) is 17.8. The molecular formula is C21H24O4. The molecule has 0 fully saturated rings. The van der Waals surface area contributed by atoms with Crippen molar-refractivity contribution in [1.29, 1.82) is 0 Å². The fourth-order valence-electron chi connectivity index (χ4n) is 3.42. The summed E-state index contributed by atoms with van der Waals surface area (Å²) in [5.41, 5.74) is 3.10. The molecule has 0 heterocycles. The van der Waals surface area contributed by atoms with Crippen molar-refractivity contribution in [2.45, 2.75) is 45.3 Å². The zero-order chi connectivity index (χ0) is 17.9. The molecule has 0 aliphatic heterocycles. The number of ether oxygens (including phenoxy) is 1. The Hall–Kier alpha value is -2.01. The molecule has 1 aliphatic rings. The highest BCUT2D eigenvalue weighted by Crippen LogP contribution is 2.43. The van der Waals surface area contributed by atoms with Gasteiger partial charge in [0.1, 0.15) is 0 Å². The Kier molecular flexibility index (Phi) is 5.33. The number of hydrogen-bond acceptors (Lipinski definition) is 4. The molecule has 4 nitrogen and oxygen atoms in total. The van der Waals surface area contributed by atoms with Crippen molar-refractivity contribution in [2.24, 2.45) is 0 Å². The molecule has 0 bridgehead atoms. The van der Waals surface area contributed by atoms with Gasteiger partial charge in [0.2, 0.25) is 0 Å². The Labute approximate surface area is 148 Å². The lowest BCUT2D eigenvalue weighted by molar-refractivity contribution is -0.396. The average Bonchev–Trinajstić information content (AvgIpc) is 2.64. The number of unbranched alkanes of at least 4 members (excludes halogenated alkanes) is 3. The summed E-state index contributed by atoms with van der Waals surface area (Å²) in [6.07, 6.45) is 4.21. The van der Waals surface area contributed by atoms with Crippen LogP contribution in [-0.2, 0) is 15.4 Å². The predicted octanol–water partition coefficient (Wildman–Crippen LogP) is 4.83. The van der Waals surface area contributed by atoms with Gasteiger partial charge < -0.3 is 4.74 Å². The second kappa shape index (κ2) is 7.48. The molecule has 25 heavy (non-hydrogen) atoms. The molecule has 1 N–H and O–H groups in total. The number of carbonyl (C=O) groups is 1. The molecule has 0 saturated heterocycles. The van der Waals surface area contributed by atoms with E-state index >= 15 is 0 Å². The van der Waals surface area contributed by atoms with Crippen LogP contribution in [-0.4, -0.2) is 17.6 Å². The molecule has 1 atom stereocenters. The van der Waals surface area contributed by atoms with Crippen LogP contribution < -0.4 is 0 Å². The quantitative estimate of drug-likeness (QED) is 0.339. The van der Waals surface area contributed by atoms with Crippen LogP contribution in [0.5, 0.6) is 0 Å². The van der Waals surface area contributed by atoms with Crippen LogP contribution in [0.15, 0.2) is 42.5 Å². The maximum Gasteiger partial charge on any atom is 0.255 e. The van der Waals surface area contributed by atoms with E-state index in [9.17, 15) is 10.1 Å². The number of ketones is 1. The molecule has 1 aliphatic carbocycles. The topological polar surface area (TPSA) is 55.8 Å². The summed E-state index contributed by atoms with van der Waals surface area (Å²) in [7, 11) is 0. The third-order valence-electron chi connectivity index (χ3n) is 4.73. The van der Waals surface area contributed by atoms with E-state index in [1.54, 1.807) is 24.3 Å². The SMILES string of the molecule is CCCCCCOC1(OO)c2ccccc2C(=O)c2cc(C)ccc21. The minimum absolute atomic E-state index is 0.0726. The Morgan fingerprint density at radius 2 is 1.76 bits per heavy atom. The van der Waals surface area contributed by atoms with Gasteiger partial charge in [-0.2, -0.15) is 4.89 Å². The zero-order valence-corrected chi connectivity index (χ0v) is 14.7. The number of hydrogen-bond donors (Lipinski definition) is 1. The second-order valence-corrected chi connectivity index (χ2v) is 6.54. The molecule has 0 spiro atoms. The minimum Gasteiger partial charge on any atom is -0.340 e. The lowest BCUT2D eigenvalue weighted by Gasteiger charge is -2.37. The maximum absolute atomic E-state index is 12.9. The van der Waals surface area contributed by atoms with Crippen LogP contribution in [0.1, 0.15) is 65.2 Å². The third-order valence-corrected chi connectivity index (χ3v) is 4.73. The van der Waals surface area contributed by atoms with Crippen LogP contribution in [0.4, 0.5) is 0 Å².